The largest absolute Gasteiger partial charge is 0.103 e. The molecule has 0 aliphatic heterocycles. The number of allylic oxidation sites excluding steroid dienone is 1. The minimum absolute atomic E-state index is 1.00. The fourth-order valence-corrected chi connectivity index (χ4v) is 1.72. The van der Waals surface area contributed by atoms with Gasteiger partial charge in [-0.3, -0.25) is 0 Å². The summed E-state index contributed by atoms with van der Waals surface area (Å²) >= 11 is 0. The van der Waals surface area contributed by atoms with Gasteiger partial charge < -0.3 is 0 Å². The van der Waals surface area contributed by atoms with Gasteiger partial charge in [0.2, 0.25) is 0 Å². The predicted molar refractivity (Wildman–Crippen MR) is 63.6 cm³/mol. The molecular formula is C14H20. The van der Waals surface area contributed by atoms with Crippen molar-refractivity contribution in [2.45, 2.75) is 39.0 Å². The minimum atomic E-state index is 1.00. The molecule has 0 spiro atoms. The molecule has 0 radical (unpaired) electrons. The van der Waals surface area contributed by atoms with Gasteiger partial charge in [0, 0.05) is 0 Å². The zero-order valence-corrected chi connectivity index (χ0v) is 9.13. The van der Waals surface area contributed by atoms with Crippen LogP contribution < -0.4 is 0 Å². The molecule has 0 amide bonds. The molecule has 0 nitrogen and oxygen atoms in total. The molecule has 0 unspecified atom stereocenters. The van der Waals surface area contributed by atoms with Crippen molar-refractivity contribution in [1.82, 2.24) is 0 Å². The van der Waals surface area contributed by atoms with Crippen LogP contribution in [-0.2, 0) is 12.8 Å². The first-order valence-electron chi connectivity index (χ1n) is 5.56. The molecule has 0 saturated carbocycles. The lowest BCUT2D eigenvalue weighted by Gasteiger charge is -2.06. The van der Waals surface area contributed by atoms with Crippen LogP contribution >= 0.6 is 0 Å². The Morgan fingerprint density at radius 2 is 1.86 bits per heavy atom. The number of rotatable bonds is 6. The maximum atomic E-state index is 3.79. The van der Waals surface area contributed by atoms with E-state index in [0.717, 1.165) is 6.42 Å². The first-order chi connectivity index (χ1) is 6.88. The summed E-state index contributed by atoms with van der Waals surface area (Å²) in [5, 5.41) is 0. The molecule has 0 atom stereocenters. The highest BCUT2D eigenvalue weighted by molar-refractivity contribution is 5.28. The molecule has 0 fully saturated rings. The fourth-order valence-electron chi connectivity index (χ4n) is 1.72. The highest BCUT2D eigenvalue weighted by atomic mass is 14.0. The molecule has 0 heteroatoms. The second kappa shape index (κ2) is 6.42. The average Bonchev–Trinajstić information content (AvgIpc) is 2.21. The Hall–Kier alpha value is -1.04. The smallest absolute Gasteiger partial charge is 0.00974 e. The van der Waals surface area contributed by atoms with Gasteiger partial charge in [-0.05, 0) is 30.4 Å². The molecule has 1 rings (SSSR count). The van der Waals surface area contributed by atoms with Crippen molar-refractivity contribution >= 4 is 0 Å². The molecule has 1 aromatic rings. The summed E-state index contributed by atoms with van der Waals surface area (Å²) in [6, 6.07) is 8.70. The zero-order valence-electron chi connectivity index (χ0n) is 9.13. The quantitative estimate of drug-likeness (QED) is 0.465. The van der Waals surface area contributed by atoms with Crippen LogP contribution in [0.15, 0.2) is 36.9 Å². The van der Waals surface area contributed by atoms with Gasteiger partial charge in [0.1, 0.15) is 0 Å². The molecule has 0 heterocycles. The van der Waals surface area contributed by atoms with Gasteiger partial charge in [-0.1, -0.05) is 50.1 Å². The molecule has 0 saturated heterocycles. The zero-order chi connectivity index (χ0) is 10.2. The second-order valence-electron chi connectivity index (χ2n) is 3.72. The molecule has 0 aromatic heterocycles. The van der Waals surface area contributed by atoms with E-state index in [2.05, 4.69) is 37.8 Å². The maximum absolute atomic E-state index is 3.79. The van der Waals surface area contributed by atoms with E-state index in [1.807, 2.05) is 6.08 Å². The van der Waals surface area contributed by atoms with E-state index in [9.17, 15) is 0 Å². The minimum Gasteiger partial charge on any atom is -0.103 e. The Morgan fingerprint density at radius 3 is 2.50 bits per heavy atom. The highest BCUT2D eigenvalue weighted by Crippen LogP contribution is 2.13. The highest BCUT2D eigenvalue weighted by Gasteiger charge is 1.98. The van der Waals surface area contributed by atoms with E-state index in [1.165, 1.54) is 36.8 Å². The Morgan fingerprint density at radius 1 is 1.14 bits per heavy atom. The second-order valence-corrected chi connectivity index (χ2v) is 3.72. The molecule has 0 aliphatic rings. The lowest BCUT2D eigenvalue weighted by molar-refractivity contribution is 0.714. The average molecular weight is 188 g/mol. The van der Waals surface area contributed by atoms with Crippen LogP contribution in [0.1, 0.15) is 37.3 Å². The van der Waals surface area contributed by atoms with Crippen LogP contribution in [0.4, 0.5) is 0 Å². The molecule has 0 bridgehead atoms. The van der Waals surface area contributed by atoms with Crippen molar-refractivity contribution < 1.29 is 0 Å². The number of aryl methyl sites for hydroxylation is 1. The summed E-state index contributed by atoms with van der Waals surface area (Å²) in [7, 11) is 0. The van der Waals surface area contributed by atoms with Crippen LogP contribution in [0.5, 0.6) is 0 Å². The Kier molecular flexibility index (Phi) is 5.06. The lowest BCUT2D eigenvalue weighted by Crippen LogP contribution is -1.92. The number of hydrogen-bond acceptors (Lipinski definition) is 0. The third-order valence-corrected chi connectivity index (χ3v) is 2.53. The summed E-state index contributed by atoms with van der Waals surface area (Å²) in [6.07, 6.45) is 8.15. The van der Waals surface area contributed by atoms with Crippen LogP contribution in [-0.4, -0.2) is 0 Å². The lowest BCUT2D eigenvalue weighted by atomic mass is 9.99. The van der Waals surface area contributed by atoms with Crippen LogP contribution in [0.25, 0.3) is 0 Å². The van der Waals surface area contributed by atoms with Crippen LogP contribution in [0.3, 0.4) is 0 Å². The summed E-state index contributed by atoms with van der Waals surface area (Å²) in [5.41, 5.74) is 2.94. The first kappa shape index (κ1) is 11.0. The topological polar surface area (TPSA) is 0 Å². The standard InChI is InChI=1S/C14H20/c1-3-5-6-10-14-12-8-7-11-13(14)9-4-2/h4,7-8,11-12H,2-3,5-6,9-10H2,1H3. The Bertz CT molecular complexity index is 273. The summed E-state index contributed by atoms with van der Waals surface area (Å²) in [4.78, 5) is 0. The summed E-state index contributed by atoms with van der Waals surface area (Å²) in [6.45, 7) is 6.04. The van der Waals surface area contributed by atoms with E-state index < -0.39 is 0 Å². The maximum Gasteiger partial charge on any atom is -0.00974 e. The first-order valence-corrected chi connectivity index (χ1v) is 5.56. The number of hydrogen-bond donors (Lipinski definition) is 0. The van der Waals surface area contributed by atoms with Gasteiger partial charge in [0.15, 0.2) is 0 Å². The van der Waals surface area contributed by atoms with Crippen LogP contribution in [0.2, 0.25) is 0 Å². The van der Waals surface area contributed by atoms with Gasteiger partial charge in [0.05, 0.1) is 0 Å². The summed E-state index contributed by atoms with van der Waals surface area (Å²) in [5.74, 6) is 0. The monoisotopic (exact) mass is 188 g/mol. The Balaban J connectivity index is 2.59. The predicted octanol–water partition coefficient (Wildman–Crippen LogP) is 4.15. The van der Waals surface area contributed by atoms with E-state index in [-0.39, 0.29) is 0 Å². The van der Waals surface area contributed by atoms with Gasteiger partial charge in [-0.25, -0.2) is 0 Å². The molecular weight excluding hydrogens is 168 g/mol. The van der Waals surface area contributed by atoms with Gasteiger partial charge in [-0.2, -0.15) is 0 Å². The van der Waals surface area contributed by atoms with E-state index >= 15 is 0 Å². The van der Waals surface area contributed by atoms with Gasteiger partial charge >= 0.3 is 0 Å². The SMILES string of the molecule is C=CCc1ccccc1CCCCC. The molecule has 1 aromatic carbocycles. The molecule has 0 N–H and O–H groups in total. The van der Waals surface area contributed by atoms with Crippen molar-refractivity contribution in [2.24, 2.45) is 0 Å². The summed E-state index contributed by atoms with van der Waals surface area (Å²) < 4.78 is 0. The fraction of sp³-hybridized carbons (Fsp3) is 0.429. The normalized spacial score (nSPS) is 10.1. The van der Waals surface area contributed by atoms with Gasteiger partial charge in [-0.15, -0.1) is 6.58 Å². The van der Waals surface area contributed by atoms with E-state index in [4.69, 9.17) is 0 Å². The Labute approximate surface area is 87.7 Å². The third-order valence-electron chi connectivity index (χ3n) is 2.53. The number of benzene rings is 1. The van der Waals surface area contributed by atoms with Crippen molar-refractivity contribution in [3.63, 3.8) is 0 Å². The van der Waals surface area contributed by atoms with Crippen molar-refractivity contribution in [1.29, 1.82) is 0 Å². The van der Waals surface area contributed by atoms with E-state index in [1.54, 1.807) is 0 Å². The third kappa shape index (κ3) is 3.37. The van der Waals surface area contributed by atoms with Crippen molar-refractivity contribution in [3.05, 3.63) is 48.0 Å². The van der Waals surface area contributed by atoms with Crippen molar-refractivity contribution in [3.8, 4) is 0 Å². The van der Waals surface area contributed by atoms with Crippen molar-refractivity contribution in [2.75, 3.05) is 0 Å². The molecule has 76 valence electrons. The number of unbranched alkanes of at least 4 members (excludes halogenated alkanes) is 2. The van der Waals surface area contributed by atoms with E-state index in [0.29, 0.717) is 0 Å². The molecule has 14 heavy (non-hydrogen) atoms. The molecule has 0 aliphatic carbocycles. The van der Waals surface area contributed by atoms with Gasteiger partial charge in [0.25, 0.3) is 0 Å². The van der Waals surface area contributed by atoms with Crippen LogP contribution in [0, 0.1) is 0 Å².